The molecule has 0 spiro atoms. The molecule has 1 aromatic rings. The van der Waals surface area contributed by atoms with Gasteiger partial charge in [0.05, 0.1) is 12.2 Å². The van der Waals surface area contributed by atoms with Gasteiger partial charge < -0.3 is 19.9 Å². The molecule has 0 unspecified atom stereocenters. The van der Waals surface area contributed by atoms with Crippen molar-refractivity contribution < 1.29 is 14.3 Å². The molecule has 2 amide bonds. The minimum Gasteiger partial charge on any atom is -0.450 e. The quantitative estimate of drug-likeness (QED) is 0.901. The van der Waals surface area contributed by atoms with Gasteiger partial charge in [-0.05, 0) is 19.1 Å². The molecule has 0 bridgehead atoms. The number of carbonyl (C=O) groups excluding carboxylic acids is 2. The fourth-order valence-electron chi connectivity index (χ4n) is 2.16. The Balaban J connectivity index is 1.92. The lowest BCUT2D eigenvalue weighted by atomic mass is 10.2. The van der Waals surface area contributed by atoms with Crippen molar-refractivity contribution in [1.82, 2.24) is 14.8 Å². The number of pyridine rings is 1. The molecule has 7 heteroatoms. The first-order chi connectivity index (χ1) is 10.2. The summed E-state index contributed by atoms with van der Waals surface area (Å²) in [5.41, 5.74) is 0.554. The third-order valence-corrected chi connectivity index (χ3v) is 3.36. The van der Waals surface area contributed by atoms with Crippen LogP contribution in [0.25, 0.3) is 0 Å². The molecule has 1 fully saturated rings. The second-order valence-electron chi connectivity index (χ2n) is 4.66. The summed E-state index contributed by atoms with van der Waals surface area (Å²) in [6.07, 6.45) is 1.25. The van der Waals surface area contributed by atoms with Crippen LogP contribution < -0.4 is 5.32 Å². The van der Waals surface area contributed by atoms with Crippen molar-refractivity contribution in [2.75, 3.05) is 45.2 Å². The maximum Gasteiger partial charge on any atom is 0.409 e. The van der Waals surface area contributed by atoms with E-state index in [0.717, 1.165) is 5.82 Å². The molecule has 1 aliphatic heterocycles. The summed E-state index contributed by atoms with van der Waals surface area (Å²) in [5.74, 6) is 0.660. The lowest BCUT2D eigenvalue weighted by molar-refractivity contribution is 0.0570. The predicted octanol–water partition coefficient (Wildman–Crippen LogP) is 1.04. The zero-order valence-corrected chi connectivity index (χ0v) is 12.3. The molecule has 0 radical (unpaired) electrons. The molecule has 0 atom stereocenters. The highest BCUT2D eigenvalue weighted by molar-refractivity contribution is 5.94. The van der Waals surface area contributed by atoms with Crippen LogP contribution >= 0.6 is 0 Å². The van der Waals surface area contributed by atoms with Crippen LogP contribution in [0.5, 0.6) is 0 Å². The Morgan fingerprint density at radius 1 is 1.24 bits per heavy atom. The fraction of sp³-hybridized carbons (Fsp3) is 0.500. The number of piperazine rings is 1. The van der Waals surface area contributed by atoms with Crippen molar-refractivity contribution in [3.8, 4) is 0 Å². The predicted molar refractivity (Wildman–Crippen MR) is 78.3 cm³/mol. The summed E-state index contributed by atoms with van der Waals surface area (Å²) in [4.78, 5) is 31.4. The summed E-state index contributed by atoms with van der Waals surface area (Å²) in [6, 6.07) is 3.51. The molecule has 114 valence electrons. The third kappa shape index (κ3) is 3.62. The van der Waals surface area contributed by atoms with Crippen LogP contribution in [0.1, 0.15) is 17.3 Å². The zero-order chi connectivity index (χ0) is 15.2. The van der Waals surface area contributed by atoms with Gasteiger partial charge in [-0.2, -0.15) is 0 Å². The topological polar surface area (TPSA) is 74.8 Å². The van der Waals surface area contributed by atoms with Crippen LogP contribution in [0, 0.1) is 0 Å². The average molecular weight is 292 g/mol. The first kappa shape index (κ1) is 15.1. The average Bonchev–Trinajstić information content (AvgIpc) is 2.54. The number of rotatable bonds is 3. The van der Waals surface area contributed by atoms with Crippen molar-refractivity contribution in [1.29, 1.82) is 0 Å². The van der Waals surface area contributed by atoms with Crippen molar-refractivity contribution in [3.05, 3.63) is 23.9 Å². The molecule has 7 nitrogen and oxygen atoms in total. The van der Waals surface area contributed by atoms with Crippen LogP contribution in [0.3, 0.4) is 0 Å². The zero-order valence-electron chi connectivity index (χ0n) is 12.3. The number of amides is 2. The number of nitrogens with one attached hydrogen (secondary N) is 1. The second kappa shape index (κ2) is 6.92. The van der Waals surface area contributed by atoms with Gasteiger partial charge in [0.2, 0.25) is 0 Å². The third-order valence-electron chi connectivity index (χ3n) is 3.36. The maximum absolute atomic E-state index is 12.3. The molecular weight excluding hydrogens is 272 g/mol. The molecule has 0 aromatic carbocycles. The molecule has 0 saturated carbocycles. The summed E-state index contributed by atoms with van der Waals surface area (Å²) in [7, 11) is 1.78. The van der Waals surface area contributed by atoms with Gasteiger partial charge in [0.15, 0.2) is 0 Å². The van der Waals surface area contributed by atoms with Crippen molar-refractivity contribution in [2.45, 2.75) is 6.92 Å². The SMILES string of the molecule is CCOC(=O)N1CCN(C(=O)c2ccc(NC)nc2)CC1. The van der Waals surface area contributed by atoms with Gasteiger partial charge in [0, 0.05) is 39.4 Å². The van der Waals surface area contributed by atoms with Gasteiger partial charge in [-0.25, -0.2) is 9.78 Å². The molecular formula is C14H20N4O3. The van der Waals surface area contributed by atoms with Crippen LogP contribution in [-0.2, 0) is 4.74 Å². The van der Waals surface area contributed by atoms with Crippen molar-refractivity contribution in [3.63, 3.8) is 0 Å². The molecule has 1 aromatic heterocycles. The monoisotopic (exact) mass is 292 g/mol. The van der Waals surface area contributed by atoms with Crippen molar-refractivity contribution >= 4 is 17.8 Å². The highest BCUT2D eigenvalue weighted by atomic mass is 16.6. The molecule has 1 saturated heterocycles. The number of hydrogen-bond acceptors (Lipinski definition) is 5. The van der Waals surface area contributed by atoms with Gasteiger partial charge in [-0.1, -0.05) is 0 Å². The Bertz CT molecular complexity index is 495. The van der Waals surface area contributed by atoms with Gasteiger partial charge in [0.1, 0.15) is 5.82 Å². The van der Waals surface area contributed by atoms with E-state index in [1.54, 1.807) is 42.1 Å². The highest BCUT2D eigenvalue weighted by Crippen LogP contribution is 2.11. The van der Waals surface area contributed by atoms with Crippen LogP contribution in [-0.4, -0.2) is 66.6 Å². The van der Waals surface area contributed by atoms with Crippen LogP contribution in [0.15, 0.2) is 18.3 Å². The molecule has 2 heterocycles. The number of nitrogens with zero attached hydrogens (tertiary/aromatic N) is 3. The van der Waals surface area contributed by atoms with Gasteiger partial charge in [-0.15, -0.1) is 0 Å². The summed E-state index contributed by atoms with van der Waals surface area (Å²) in [6.45, 7) is 4.14. The first-order valence-electron chi connectivity index (χ1n) is 7.00. The summed E-state index contributed by atoms with van der Waals surface area (Å²) in [5, 5.41) is 2.91. The Kier molecular flexibility index (Phi) is 4.97. The minimum atomic E-state index is -0.315. The fourth-order valence-corrected chi connectivity index (χ4v) is 2.16. The van der Waals surface area contributed by atoms with Crippen molar-refractivity contribution in [2.24, 2.45) is 0 Å². The highest BCUT2D eigenvalue weighted by Gasteiger charge is 2.25. The van der Waals surface area contributed by atoms with E-state index in [0.29, 0.717) is 38.3 Å². The molecule has 2 rings (SSSR count). The van der Waals surface area contributed by atoms with E-state index in [1.165, 1.54) is 0 Å². The van der Waals surface area contributed by atoms with E-state index < -0.39 is 0 Å². The van der Waals surface area contributed by atoms with E-state index in [-0.39, 0.29) is 12.0 Å². The normalized spacial score (nSPS) is 14.8. The minimum absolute atomic E-state index is 0.0614. The Hall–Kier alpha value is -2.31. The Labute approximate surface area is 123 Å². The molecule has 21 heavy (non-hydrogen) atoms. The Morgan fingerprint density at radius 3 is 2.43 bits per heavy atom. The number of anilines is 1. The standard InChI is InChI=1S/C14H20N4O3/c1-3-21-14(20)18-8-6-17(7-9-18)13(19)11-4-5-12(15-2)16-10-11/h4-5,10H,3,6-9H2,1-2H3,(H,15,16). The lowest BCUT2D eigenvalue weighted by Crippen LogP contribution is -2.50. The van der Waals surface area contributed by atoms with E-state index in [2.05, 4.69) is 10.3 Å². The lowest BCUT2D eigenvalue weighted by Gasteiger charge is -2.34. The number of hydrogen-bond donors (Lipinski definition) is 1. The van der Waals surface area contributed by atoms with E-state index in [1.807, 2.05) is 0 Å². The van der Waals surface area contributed by atoms with E-state index in [9.17, 15) is 9.59 Å². The summed E-state index contributed by atoms with van der Waals surface area (Å²) < 4.78 is 4.95. The molecule has 1 N–H and O–H groups in total. The van der Waals surface area contributed by atoms with Gasteiger partial charge in [0.25, 0.3) is 5.91 Å². The second-order valence-corrected chi connectivity index (χ2v) is 4.66. The smallest absolute Gasteiger partial charge is 0.409 e. The van der Waals surface area contributed by atoms with Crippen LogP contribution in [0.2, 0.25) is 0 Å². The number of ether oxygens (including phenoxy) is 1. The molecule has 1 aliphatic rings. The molecule has 0 aliphatic carbocycles. The Morgan fingerprint density at radius 2 is 1.90 bits per heavy atom. The van der Waals surface area contributed by atoms with E-state index in [4.69, 9.17) is 4.74 Å². The maximum atomic E-state index is 12.3. The largest absolute Gasteiger partial charge is 0.450 e. The van der Waals surface area contributed by atoms with Gasteiger partial charge in [-0.3, -0.25) is 4.79 Å². The number of carbonyl (C=O) groups is 2. The summed E-state index contributed by atoms with van der Waals surface area (Å²) >= 11 is 0. The van der Waals surface area contributed by atoms with Crippen LogP contribution in [0.4, 0.5) is 10.6 Å². The number of aromatic nitrogens is 1. The van der Waals surface area contributed by atoms with E-state index >= 15 is 0 Å². The van der Waals surface area contributed by atoms with Gasteiger partial charge >= 0.3 is 6.09 Å². The first-order valence-corrected chi connectivity index (χ1v) is 7.00.